The van der Waals surface area contributed by atoms with E-state index in [1.54, 1.807) is 0 Å². The van der Waals surface area contributed by atoms with Crippen molar-refractivity contribution in [3.05, 3.63) is 12.2 Å². The second kappa shape index (κ2) is 10.9. The number of allylic oxidation sites excluding steroid dienone is 2. The summed E-state index contributed by atoms with van der Waals surface area (Å²) in [4.78, 5) is 0. The molecule has 3 saturated carbocycles. The molecule has 0 bridgehead atoms. The van der Waals surface area contributed by atoms with Crippen LogP contribution in [-0.4, -0.2) is 22.4 Å². The van der Waals surface area contributed by atoms with Crippen LogP contribution in [0.4, 0.5) is 13.2 Å². The van der Waals surface area contributed by atoms with Gasteiger partial charge >= 0.3 is 0 Å². The van der Waals surface area contributed by atoms with E-state index in [9.17, 15) is 4.39 Å². The Morgan fingerprint density at radius 3 is 2.13 bits per heavy atom. The maximum atomic E-state index is 15.1. The Bertz CT molecular complexity index is 560. The van der Waals surface area contributed by atoms with Gasteiger partial charge in [-0.2, -0.15) is 0 Å². The summed E-state index contributed by atoms with van der Waals surface area (Å²) < 4.78 is 45.0. The maximum Gasteiger partial charge on any atom is 0.135 e. The molecule has 30 heavy (non-hydrogen) atoms. The summed E-state index contributed by atoms with van der Waals surface area (Å²) in [5, 5.41) is 0. The Labute approximate surface area is 195 Å². The summed E-state index contributed by atoms with van der Waals surface area (Å²) in [6, 6.07) is 0. The zero-order valence-electron chi connectivity index (χ0n) is 18.3. The van der Waals surface area contributed by atoms with Crippen molar-refractivity contribution in [3.63, 3.8) is 0 Å². The Hall–Kier alpha value is 0.260. The fourth-order valence-corrected chi connectivity index (χ4v) is 7.91. The molecule has 0 nitrogen and oxygen atoms in total. The first-order valence-corrected chi connectivity index (χ1v) is 14.0. The molecule has 0 heterocycles. The molecule has 172 valence electrons. The molecule has 0 aromatic heterocycles. The molecule has 0 aliphatic heterocycles. The smallest absolute Gasteiger partial charge is 0.135 e. The third kappa shape index (κ3) is 5.60. The van der Waals surface area contributed by atoms with Crippen molar-refractivity contribution in [2.75, 3.05) is 0 Å². The summed E-state index contributed by atoms with van der Waals surface area (Å²) in [5.74, 6) is 1.18. The summed E-state index contributed by atoms with van der Waals surface area (Å²) in [5.41, 5.74) is 0. The van der Waals surface area contributed by atoms with Gasteiger partial charge in [-0.1, -0.05) is 66.8 Å². The lowest BCUT2D eigenvalue weighted by Gasteiger charge is -2.43. The zero-order chi connectivity index (χ0) is 21.1. The normalized spacial score (nSPS) is 46.1. The molecule has 9 unspecified atom stereocenters. The predicted molar refractivity (Wildman–Crippen MR) is 127 cm³/mol. The van der Waals surface area contributed by atoms with Gasteiger partial charge in [0.1, 0.15) is 18.5 Å². The molecule has 9 atom stereocenters. The monoisotopic (exact) mass is 536 g/mol. The summed E-state index contributed by atoms with van der Waals surface area (Å²) in [6.45, 7) is 0. The van der Waals surface area contributed by atoms with Crippen LogP contribution in [0.2, 0.25) is 0 Å². The Balaban J connectivity index is 1.25. The quantitative estimate of drug-likeness (QED) is 0.188. The highest BCUT2D eigenvalue weighted by Gasteiger charge is 2.45. The van der Waals surface area contributed by atoms with Crippen LogP contribution in [0, 0.1) is 35.5 Å². The van der Waals surface area contributed by atoms with Crippen molar-refractivity contribution in [1.29, 1.82) is 0 Å². The zero-order valence-corrected chi connectivity index (χ0v) is 20.5. The van der Waals surface area contributed by atoms with Crippen molar-refractivity contribution in [3.8, 4) is 0 Å². The van der Waals surface area contributed by atoms with Gasteiger partial charge in [0.25, 0.3) is 0 Å². The molecule has 0 N–H and O–H groups in total. The van der Waals surface area contributed by atoms with Gasteiger partial charge in [-0.25, -0.2) is 13.2 Å². The fraction of sp³-hybridized carbons (Fsp3) is 0.923. The van der Waals surface area contributed by atoms with Crippen LogP contribution >= 0.6 is 22.6 Å². The molecular weight excluding hydrogens is 496 g/mol. The van der Waals surface area contributed by atoms with Gasteiger partial charge in [0.2, 0.25) is 0 Å². The number of alkyl halides is 4. The van der Waals surface area contributed by atoms with E-state index in [1.807, 2.05) is 0 Å². The van der Waals surface area contributed by atoms with E-state index < -0.39 is 18.5 Å². The van der Waals surface area contributed by atoms with E-state index in [4.69, 9.17) is 0 Å². The minimum atomic E-state index is -1.28. The van der Waals surface area contributed by atoms with Crippen LogP contribution in [0.3, 0.4) is 0 Å². The van der Waals surface area contributed by atoms with Crippen LogP contribution in [0.15, 0.2) is 12.2 Å². The lowest BCUT2D eigenvalue weighted by molar-refractivity contribution is -0.0229. The van der Waals surface area contributed by atoms with Gasteiger partial charge < -0.3 is 0 Å². The van der Waals surface area contributed by atoms with Crippen molar-refractivity contribution in [1.82, 2.24) is 0 Å². The number of halogens is 4. The van der Waals surface area contributed by atoms with Gasteiger partial charge in [0.05, 0.1) is 0 Å². The second-order valence-electron chi connectivity index (χ2n) is 10.8. The average molecular weight is 537 g/mol. The van der Waals surface area contributed by atoms with E-state index in [0.29, 0.717) is 15.8 Å². The number of rotatable bonds is 5. The average Bonchev–Trinajstić information content (AvgIpc) is 2.76. The van der Waals surface area contributed by atoms with Gasteiger partial charge in [-0.3, -0.25) is 0 Å². The molecule has 0 amide bonds. The number of hydrogen-bond donors (Lipinski definition) is 0. The summed E-state index contributed by atoms with van der Waals surface area (Å²) in [6.07, 6.45) is 15.9. The lowest BCUT2D eigenvalue weighted by Crippen LogP contribution is -2.44. The maximum absolute atomic E-state index is 15.1. The van der Waals surface area contributed by atoms with Crippen LogP contribution in [0.1, 0.15) is 89.9 Å². The second-order valence-corrected chi connectivity index (χ2v) is 12.6. The number of hydrogen-bond acceptors (Lipinski definition) is 0. The van der Waals surface area contributed by atoms with Crippen molar-refractivity contribution in [2.45, 2.75) is 112 Å². The van der Waals surface area contributed by atoms with Crippen LogP contribution in [-0.2, 0) is 0 Å². The third-order valence-corrected chi connectivity index (χ3v) is 10.1. The molecule has 4 rings (SSSR count). The molecule has 0 aromatic carbocycles. The van der Waals surface area contributed by atoms with Gasteiger partial charge in [-0.05, 0) is 93.3 Å². The molecule has 4 aliphatic carbocycles. The van der Waals surface area contributed by atoms with E-state index in [0.717, 1.165) is 70.6 Å². The molecule has 0 radical (unpaired) electrons. The van der Waals surface area contributed by atoms with Gasteiger partial charge in [0.15, 0.2) is 0 Å². The first-order chi connectivity index (χ1) is 14.5. The SMILES string of the molecule is FC1CC(I)CCC1CCC1C=CC(C2CCC(C3CCCCC3)C(F)C2F)CC1. The topological polar surface area (TPSA) is 0 Å². The van der Waals surface area contributed by atoms with Crippen molar-refractivity contribution >= 4 is 22.6 Å². The molecule has 0 spiro atoms. The standard InChI is InChI=1S/C26H40F3I/c27-24-16-21(30)13-12-20(24)11-8-17-6-9-19(10-7-17)23-15-14-22(25(28)26(23)29)18-4-2-1-3-5-18/h6,9,17-26H,1-5,7-8,10-16H2. The summed E-state index contributed by atoms with van der Waals surface area (Å²) in [7, 11) is 0. The van der Waals surface area contributed by atoms with Gasteiger partial charge in [0, 0.05) is 3.92 Å². The first-order valence-electron chi connectivity index (χ1n) is 12.8. The van der Waals surface area contributed by atoms with Crippen molar-refractivity contribution in [2.24, 2.45) is 35.5 Å². The van der Waals surface area contributed by atoms with Crippen molar-refractivity contribution < 1.29 is 13.2 Å². The Morgan fingerprint density at radius 1 is 0.700 bits per heavy atom. The third-order valence-electron chi connectivity index (χ3n) is 9.01. The largest absolute Gasteiger partial charge is 0.247 e. The van der Waals surface area contributed by atoms with E-state index in [-0.39, 0.29) is 23.7 Å². The molecule has 4 heteroatoms. The fourth-order valence-electron chi connectivity index (χ4n) is 7.06. The molecule has 4 aliphatic rings. The van der Waals surface area contributed by atoms with Crippen LogP contribution in [0.25, 0.3) is 0 Å². The summed E-state index contributed by atoms with van der Waals surface area (Å²) >= 11 is 2.39. The molecule has 3 fully saturated rings. The first kappa shape index (κ1) is 23.4. The van der Waals surface area contributed by atoms with Crippen LogP contribution < -0.4 is 0 Å². The van der Waals surface area contributed by atoms with Crippen LogP contribution in [0.5, 0.6) is 0 Å². The Kier molecular flexibility index (Phi) is 8.52. The predicted octanol–water partition coefficient (Wildman–Crippen LogP) is 8.57. The minimum Gasteiger partial charge on any atom is -0.247 e. The van der Waals surface area contributed by atoms with E-state index in [1.165, 1.54) is 19.3 Å². The Morgan fingerprint density at radius 2 is 1.43 bits per heavy atom. The highest BCUT2D eigenvalue weighted by atomic mass is 127. The molecule has 0 aromatic rings. The highest BCUT2D eigenvalue weighted by Crippen LogP contribution is 2.47. The van der Waals surface area contributed by atoms with E-state index in [2.05, 4.69) is 34.7 Å². The highest BCUT2D eigenvalue weighted by molar-refractivity contribution is 14.1. The van der Waals surface area contributed by atoms with Gasteiger partial charge in [-0.15, -0.1) is 0 Å². The lowest BCUT2D eigenvalue weighted by atomic mass is 9.65. The van der Waals surface area contributed by atoms with E-state index >= 15 is 8.78 Å². The minimum absolute atomic E-state index is 0.0387. The molecule has 0 saturated heterocycles. The molecular formula is C26H40F3I.